The van der Waals surface area contributed by atoms with Gasteiger partial charge in [-0.15, -0.1) is 0 Å². The zero-order valence-corrected chi connectivity index (χ0v) is 16.4. The maximum absolute atomic E-state index is 14.1. The van der Waals surface area contributed by atoms with Gasteiger partial charge in [-0.3, -0.25) is 14.5 Å². The van der Waals surface area contributed by atoms with E-state index in [1.165, 1.54) is 6.07 Å². The molecule has 9 heteroatoms. The largest absolute Gasteiger partial charge is 0.397 e. The van der Waals surface area contributed by atoms with Crippen LogP contribution in [0.2, 0.25) is 0 Å². The van der Waals surface area contributed by atoms with E-state index in [-0.39, 0.29) is 17.9 Å². The Morgan fingerprint density at radius 1 is 1.23 bits per heavy atom. The monoisotopic (exact) mass is 413 g/mol. The molecular weight excluding hydrogens is 392 g/mol. The van der Waals surface area contributed by atoms with Crippen LogP contribution in [-0.4, -0.2) is 39.3 Å². The highest BCUT2D eigenvalue weighted by Crippen LogP contribution is 2.26. The number of amides is 1. The summed E-state index contributed by atoms with van der Waals surface area (Å²) in [5.74, 6) is -1.53. The number of anilines is 1. The molecular formula is C21H21F2N5O2. The summed E-state index contributed by atoms with van der Waals surface area (Å²) in [6, 6.07) is 6.41. The van der Waals surface area contributed by atoms with Crippen LogP contribution < -0.4 is 5.73 Å². The van der Waals surface area contributed by atoms with E-state index in [9.17, 15) is 13.6 Å². The average Bonchev–Trinajstić information content (AvgIpc) is 3.29. The van der Waals surface area contributed by atoms with Gasteiger partial charge in [-0.1, -0.05) is 0 Å². The Balaban J connectivity index is 1.50. The van der Waals surface area contributed by atoms with Crippen LogP contribution in [0.15, 0.2) is 36.5 Å². The summed E-state index contributed by atoms with van der Waals surface area (Å²) in [6.07, 6.45) is 1.75. The minimum absolute atomic E-state index is 0.0156. The number of carbonyl (C=O) groups excluding carboxylic acids is 1. The van der Waals surface area contributed by atoms with Gasteiger partial charge in [0.1, 0.15) is 11.6 Å². The molecule has 0 saturated heterocycles. The molecule has 0 saturated carbocycles. The van der Waals surface area contributed by atoms with Gasteiger partial charge in [-0.05, 0) is 24.3 Å². The van der Waals surface area contributed by atoms with E-state index in [0.717, 1.165) is 23.4 Å². The molecule has 1 aromatic carbocycles. The maximum atomic E-state index is 14.1. The van der Waals surface area contributed by atoms with Crippen molar-refractivity contribution >= 4 is 11.6 Å². The van der Waals surface area contributed by atoms with E-state index in [1.807, 2.05) is 4.68 Å². The topological polar surface area (TPSA) is 86.3 Å². The highest BCUT2D eigenvalue weighted by Gasteiger charge is 2.27. The van der Waals surface area contributed by atoms with Crippen molar-refractivity contribution in [2.45, 2.75) is 26.1 Å². The highest BCUT2D eigenvalue weighted by atomic mass is 19.1. The molecule has 2 N–H and O–H groups in total. The van der Waals surface area contributed by atoms with Crippen LogP contribution in [0.3, 0.4) is 0 Å². The molecule has 0 fully saturated rings. The zero-order chi connectivity index (χ0) is 21.3. The molecule has 30 heavy (non-hydrogen) atoms. The number of hydrogen-bond acceptors (Lipinski definition) is 5. The van der Waals surface area contributed by atoms with Crippen molar-refractivity contribution < 1.29 is 18.3 Å². The van der Waals surface area contributed by atoms with Crippen molar-refractivity contribution in [3.05, 3.63) is 65.1 Å². The van der Waals surface area contributed by atoms with E-state index in [4.69, 9.17) is 10.5 Å². The van der Waals surface area contributed by atoms with Crippen molar-refractivity contribution in [1.29, 1.82) is 0 Å². The van der Waals surface area contributed by atoms with Crippen LogP contribution in [0.25, 0.3) is 11.3 Å². The van der Waals surface area contributed by atoms with E-state index < -0.39 is 11.6 Å². The van der Waals surface area contributed by atoms with Crippen molar-refractivity contribution in [3.8, 4) is 11.3 Å². The molecule has 1 aliphatic rings. The SMILES string of the molecule is COCCn1ncc2c1CN(C(=O)Cc1nc(-c3ccc(F)cc3F)ccc1N)C2. The molecule has 3 heterocycles. The predicted molar refractivity (Wildman–Crippen MR) is 106 cm³/mol. The first-order valence-electron chi connectivity index (χ1n) is 9.47. The number of pyridine rings is 1. The first kappa shape index (κ1) is 20.0. The third kappa shape index (κ3) is 3.88. The lowest BCUT2D eigenvalue weighted by Crippen LogP contribution is -2.28. The predicted octanol–water partition coefficient (Wildman–Crippen LogP) is 2.54. The van der Waals surface area contributed by atoms with Crippen molar-refractivity contribution in [2.24, 2.45) is 0 Å². The fourth-order valence-electron chi connectivity index (χ4n) is 3.51. The van der Waals surface area contributed by atoms with Gasteiger partial charge in [0.15, 0.2) is 0 Å². The Morgan fingerprint density at radius 3 is 2.83 bits per heavy atom. The second-order valence-corrected chi connectivity index (χ2v) is 7.12. The summed E-state index contributed by atoms with van der Waals surface area (Å²) in [6.45, 7) is 2.07. The lowest BCUT2D eigenvalue weighted by molar-refractivity contribution is -0.131. The number of ether oxygens (including phenoxy) is 1. The van der Waals surface area contributed by atoms with Gasteiger partial charge in [0.25, 0.3) is 0 Å². The summed E-state index contributed by atoms with van der Waals surface area (Å²) in [4.78, 5) is 19.0. The van der Waals surface area contributed by atoms with Crippen LogP contribution in [0.4, 0.5) is 14.5 Å². The van der Waals surface area contributed by atoms with Gasteiger partial charge >= 0.3 is 0 Å². The molecule has 0 unspecified atom stereocenters. The second kappa shape index (κ2) is 8.19. The summed E-state index contributed by atoms with van der Waals surface area (Å²) < 4.78 is 34.2. The normalized spacial score (nSPS) is 13.0. The number of aromatic nitrogens is 3. The van der Waals surface area contributed by atoms with Crippen LogP contribution in [0.1, 0.15) is 17.0 Å². The summed E-state index contributed by atoms with van der Waals surface area (Å²) >= 11 is 0. The third-order valence-corrected chi connectivity index (χ3v) is 5.13. The van der Waals surface area contributed by atoms with Gasteiger partial charge in [0, 0.05) is 30.8 Å². The number of benzene rings is 1. The Bertz CT molecular complexity index is 1100. The van der Waals surface area contributed by atoms with E-state index in [2.05, 4.69) is 10.1 Å². The molecule has 4 rings (SSSR count). The Morgan fingerprint density at radius 2 is 2.07 bits per heavy atom. The van der Waals surface area contributed by atoms with Crippen LogP contribution in [0.5, 0.6) is 0 Å². The molecule has 0 spiro atoms. The third-order valence-electron chi connectivity index (χ3n) is 5.13. The number of nitrogens with zero attached hydrogens (tertiary/aromatic N) is 4. The molecule has 3 aromatic rings. The van der Waals surface area contributed by atoms with E-state index in [0.29, 0.717) is 43.3 Å². The molecule has 1 amide bonds. The van der Waals surface area contributed by atoms with Crippen LogP contribution in [-0.2, 0) is 35.6 Å². The lowest BCUT2D eigenvalue weighted by Gasteiger charge is -2.17. The number of rotatable bonds is 6. The Labute approximate surface area is 172 Å². The minimum atomic E-state index is -0.722. The summed E-state index contributed by atoms with van der Waals surface area (Å²) in [7, 11) is 1.63. The number of fused-ring (bicyclic) bond motifs is 1. The Hall–Kier alpha value is -3.33. The van der Waals surface area contributed by atoms with Crippen molar-refractivity contribution in [1.82, 2.24) is 19.7 Å². The van der Waals surface area contributed by atoms with Crippen LogP contribution >= 0.6 is 0 Å². The lowest BCUT2D eigenvalue weighted by atomic mass is 10.1. The summed E-state index contributed by atoms with van der Waals surface area (Å²) in [5, 5.41) is 4.33. The maximum Gasteiger partial charge on any atom is 0.229 e. The van der Waals surface area contributed by atoms with E-state index in [1.54, 1.807) is 30.3 Å². The molecule has 0 atom stereocenters. The van der Waals surface area contributed by atoms with Gasteiger partial charge in [-0.2, -0.15) is 5.10 Å². The highest BCUT2D eigenvalue weighted by molar-refractivity contribution is 5.80. The molecule has 156 valence electrons. The molecule has 7 nitrogen and oxygen atoms in total. The van der Waals surface area contributed by atoms with Gasteiger partial charge in [0.05, 0.1) is 55.1 Å². The fourth-order valence-corrected chi connectivity index (χ4v) is 3.51. The Kier molecular flexibility index (Phi) is 5.45. The smallest absolute Gasteiger partial charge is 0.229 e. The van der Waals surface area contributed by atoms with Crippen molar-refractivity contribution in [2.75, 3.05) is 19.5 Å². The summed E-state index contributed by atoms with van der Waals surface area (Å²) in [5.41, 5.74) is 9.15. The second-order valence-electron chi connectivity index (χ2n) is 7.12. The standard InChI is InChI=1S/C21H21F2N5O2/c1-30-7-6-28-20-12-27(11-13(20)10-25-28)21(29)9-19-17(24)4-5-18(26-19)15-3-2-14(22)8-16(15)23/h2-5,8,10H,6-7,9,11-12,24H2,1H3. The fraction of sp³-hybridized carbons (Fsp3) is 0.286. The number of methoxy groups -OCH3 is 1. The molecule has 1 aliphatic heterocycles. The molecule has 0 bridgehead atoms. The molecule has 2 aromatic heterocycles. The van der Waals surface area contributed by atoms with E-state index >= 15 is 0 Å². The zero-order valence-electron chi connectivity index (χ0n) is 16.4. The molecule has 0 radical (unpaired) electrons. The first-order valence-corrected chi connectivity index (χ1v) is 9.47. The first-order chi connectivity index (χ1) is 14.5. The van der Waals surface area contributed by atoms with Gasteiger partial charge < -0.3 is 15.4 Å². The number of nitrogens with two attached hydrogens (primary N) is 1. The van der Waals surface area contributed by atoms with Crippen LogP contribution in [0, 0.1) is 11.6 Å². The van der Waals surface area contributed by atoms with Crippen molar-refractivity contribution in [3.63, 3.8) is 0 Å². The van der Waals surface area contributed by atoms with Gasteiger partial charge in [0.2, 0.25) is 5.91 Å². The number of nitrogen functional groups attached to an aromatic ring is 1. The average molecular weight is 413 g/mol. The minimum Gasteiger partial charge on any atom is -0.397 e. The molecule has 0 aliphatic carbocycles. The van der Waals surface area contributed by atoms with Gasteiger partial charge in [-0.25, -0.2) is 8.78 Å². The number of halogens is 2. The quantitative estimate of drug-likeness (QED) is 0.671. The number of carbonyl (C=O) groups is 1. The number of hydrogen-bond donors (Lipinski definition) is 1.